The van der Waals surface area contributed by atoms with E-state index in [1.807, 2.05) is 25.1 Å². The van der Waals surface area contributed by atoms with E-state index in [-0.39, 0.29) is 5.91 Å². The number of halogens is 1. The van der Waals surface area contributed by atoms with E-state index in [1.165, 1.54) is 5.56 Å². The number of amides is 1. The first-order chi connectivity index (χ1) is 10.0. The number of hydrogen-bond acceptors (Lipinski definition) is 1. The third kappa shape index (κ3) is 3.85. The summed E-state index contributed by atoms with van der Waals surface area (Å²) in [4.78, 5) is 12.2. The van der Waals surface area contributed by atoms with E-state index in [9.17, 15) is 4.79 Å². The molecule has 0 spiro atoms. The minimum absolute atomic E-state index is 0.184. The Hall–Kier alpha value is -1.80. The standard InChI is InChI=1S/C18H20ClNO/c1-4-13(3)14-6-8-15(9-7-14)20-18(21)16-10-5-12(2)11-17(16)19/h5-11,13H,4H2,1-3H3,(H,20,21)/t13-/m1/s1. The Bertz CT molecular complexity index is 634. The first kappa shape index (κ1) is 15.6. The van der Waals surface area contributed by atoms with Crippen molar-refractivity contribution >= 4 is 23.2 Å². The second-order valence-corrected chi connectivity index (χ2v) is 5.78. The van der Waals surface area contributed by atoms with Gasteiger partial charge in [-0.3, -0.25) is 4.79 Å². The topological polar surface area (TPSA) is 29.1 Å². The summed E-state index contributed by atoms with van der Waals surface area (Å²) in [6, 6.07) is 13.4. The van der Waals surface area contributed by atoms with Gasteiger partial charge >= 0.3 is 0 Å². The number of nitrogens with one attached hydrogen (secondary N) is 1. The molecule has 0 aliphatic carbocycles. The lowest BCUT2D eigenvalue weighted by Gasteiger charge is -2.11. The first-order valence-electron chi connectivity index (χ1n) is 7.18. The molecule has 0 bridgehead atoms. The molecule has 0 fully saturated rings. The van der Waals surface area contributed by atoms with Gasteiger partial charge in [0, 0.05) is 5.69 Å². The third-order valence-corrected chi connectivity index (χ3v) is 4.03. The van der Waals surface area contributed by atoms with Gasteiger partial charge in [-0.25, -0.2) is 0 Å². The quantitative estimate of drug-likeness (QED) is 0.803. The molecule has 3 heteroatoms. The van der Waals surface area contributed by atoms with Gasteiger partial charge in [-0.15, -0.1) is 0 Å². The van der Waals surface area contributed by atoms with E-state index in [2.05, 4.69) is 31.3 Å². The molecule has 0 saturated heterocycles. The number of benzene rings is 2. The Morgan fingerprint density at radius 3 is 2.43 bits per heavy atom. The summed E-state index contributed by atoms with van der Waals surface area (Å²) >= 11 is 6.12. The Labute approximate surface area is 131 Å². The summed E-state index contributed by atoms with van der Waals surface area (Å²) in [6.45, 7) is 6.31. The molecule has 0 radical (unpaired) electrons. The van der Waals surface area contributed by atoms with Crippen LogP contribution in [0.25, 0.3) is 0 Å². The van der Waals surface area contributed by atoms with Crippen LogP contribution in [-0.4, -0.2) is 5.91 Å². The number of hydrogen-bond donors (Lipinski definition) is 1. The molecule has 1 atom stereocenters. The summed E-state index contributed by atoms with van der Waals surface area (Å²) in [5, 5.41) is 3.35. The van der Waals surface area contributed by atoms with Gasteiger partial charge in [0.2, 0.25) is 0 Å². The monoisotopic (exact) mass is 301 g/mol. The fourth-order valence-corrected chi connectivity index (χ4v) is 2.45. The van der Waals surface area contributed by atoms with Crippen molar-refractivity contribution in [1.82, 2.24) is 0 Å². The molecule has 0 aromatic heterocycles. The molecule has 0 heterocycles. The Kier molecular flexibility index (Phi) is 5.03. The minimum Gasteiger partial charge on any atom is -0.322 e. The molecular weight excluding hydrogens is 282 g/mol. The fourth-order valence-electron chi connectivity index (χ4n) is 2.13. The Balaban J connectivity index is 2.12. The van der Waals surface area contributed by atoms with Crippen LogP contribution >= 0.6 is 11.6 Å². The van der Waals surface area contributed by atoms with Crippen LogP contribution in [0.1, 0.15) is 47.7 Å². The van der Waals surface area contributed by atoms with E-state index in [0.29, 0.717) is 16.5 Å². The van der Waals surface area contributed by atoms with Crippen molar-refractivity contribution < 1.29 is 4.79 Å². The number of aryl methyl sites for hydroxylation is 1. The zero-order valence-corrected chi connectivity index (χ0v) is 13.4. The van der Waals surface area contributed by atoms with Crippen LogP contribution in [0.15, 0.2) is 42.5 Å². The van der Waals surface area contributed by atoms with Crippen LogP contribution in [0.4, 0.5) is 5.69 Å². The number of anilines is 1. The van der Waals surface area contributed by atoms with E-state index < -0.39 is 0 Å². The van der Waals surface area contributed by atoms with Gasteiger partial charge in [0.25, 0.3) is 5.91 Å². The lowest BCUT2D eigenvalue weighted by Crippen LogP contribution is -2.12. The highest BCUT2D eigenvalue weighted by molar-refractivity contribution is 6.34. The maximum Gasteiger partial charge on any atom is 0.257 e. The number of carbonyl (C=O) groups excluding carboxylic acids is 1. The van der Waals surface area contributed by atoms with Crippen LogP contribution in [0.3, 0.4) is 0 Å². The third-order valence-electron chi connectivity index (χ3n) is 3.72. The van der Waals surface area contributed by atoms with Gasteiger partial charge in [0.1, 0.15) is 0 Å². The van der Waals surface area contributed by atoms with Crippen LogP contribution in [0, 0.1) is 6.92 Å². The summed E-state index contributed by atoms with van der Waals surface area (Å²) in [6.07, 6.45) is 1.10. The molecule has 2 aromatic rings. The molecule has 21 heavy (non-hydrogen) atoms. The molecule has 2 aromatic carbocycles. The Morgan fingerprint density at radius 2 is 1.86 bits per heavy atom. The lowest BCUT2D eigenvalue weighted by molar-refractivity contribution is 0.102. The molecular formula is C18H20ClNO. The molecule has 0 aliphatic heterocycles. The molecule has 0 aliphatic rings. The van der Waals surface area contributed by atoms with Crippen molar-refractivity contribution in [2.24, 2.45) is 0 Å². The summed E-state index contributed by atoms with van der Waals surface area (Å²) in [7, 11) is 0. The van der Waals surface area contributed by atoms with E-state index in [0.717, 1.165) is 17.7 Å². The predicted octanol–water partition coefficient (Wildman–Crippen LogP) is 5.41. The SMILES string of the molecule is CC[C@@H](C)c1ccc(NC(=O)c2ccc(C)cc2Cl)cc1. The molecule has 2 nitrogen and oxygen atoms in total. The molecule has 1 N–H and O–H groups in total. The summed E-state index contributed by atoms with van der Waals surface area (Å²) in [5.74, 6) is 0.345. The molecule has 0 unspecified atom stereocenters. The van der Waals surface area contributed by atoms with Gasteiger partial charge in [-0.1, -0.05) is 43.6 Å². The second kappa shape index (κ2) is 6.77. The van der Waals surface area contributed by atoms with Crippen molar-refractivity contribution in [2.45, 2.75) is 33.1 Å². The van der Waals surface area contributed by atoms with Gasteiger partial charge in [0.05, 0.1) is 10.6 Å². The van der Waals surface area contributed by atoms with Crippen LogP contribution < -0.4 is 5.32 Å². The predicted molar refractivity (Wildman–Crippen MR) is 89.3 cm³/mol. The fraction of sp³-hybridized carbons (Fsp3) is 0.278. The normalized spacial score (nSPS) is 12.0. The number of carbonyl (C=O) groups is 1. The van der Waals surface area contributed by atoms with E-state index >= 15 is 0 Å². The van der Waals surface area contributed by atoms with Crippen molar-refractivity contribution in [3.8, 4) is 0 Å². The highest BCUT2D eigenvalue weighted by Crippen LogP contribution is 2.22. The average Bonchev–Trinajstić information content (AvgIpc) is 2.47. The molecule has 0 saturated carbocycles. The molecule has 1 amide bonds. The van der Waals surface area contributed by atoms with Gasteiger partial charge in [-0.05, 0) is 54.7 Å². The zero-order valence-electron chi connectivity index (χ0n) is 12.6. The molecule has 110 valence electrons. The number of rotatable bonds is 4. The molecule has 2 rings (SSSR count). The van der Waals surface area contributed by atoms with E-state index in [4.69, 9.17) is 11.6 Å². The summed E-state index contributed by atoms with van der Waals surface area (Å²) in [5.41, 5.74) is 3.59. The van der Waals surface area contributed by atoms with Crippen LogP contribution in [-0.2, 0) is 0 Å². The highest BCUT2D eigenvalue weighted by atomic mass is 35.5. The largest absolute Gasteiger partial charge is 0.322 e. The first-order valence-corrected chi connectivity index (χ1v) is 7.56. The zero-order chi connectivity index (χ0) is 15.4. The maximum atomic E-state index is 12.2. The lowest BCUT2D eigenvalue weighted by atomic mass is 9.98. The minimum atomic E-state index is -0.184. The highest BCUT2D eigenvalue weighted by Gasteiger charge is 2.11. The van der Waals surface area contributed by atoms with Crippen molar-refractivity contribution in [1.29, 1.82) is 0 Å². The van der Waals surface area contributed by atoms with Gasteiger partial charge in [-0.2, -0.15) is 0 Å². The van der Waals surface area contributed by atoms with Gasteiger partial charge < -0.3 is 5.32 Å². The van der Waals surface area contributed by atoms with E-state index in [1.54, 1.807) is 12.1 Å². The second-order valence-electron chi connectivity index (χ2n) is 5.37. The van der Waals surface area contributed by atoms with Crippen LogP contribution in [0.5, 0.6) is 0 Å². The van der Waals surface area contributed by atoms with Gasteiger partial charge in [0.15, 0.2) is 0 Å². The Morgan fingerprint density at radius 1 is 1.19 bits per heavy atom. The van der Waals surface area contributed by atoms with Crippen molar-refractivity contribution in [3.63, 3.8) is 0 Å². The smallest absolute Gasteiger partial charge is 0.257 e. The summed E-state index contributed by atoms with van der Waals surface area (Å²) < 4.78 is 0. The van der Waals surface area contributed by atoms with Crippen LogP contribution in [0.2, 0.25) is 5.02 Å². The van der Waals surface area contributed by atoms with Crippen molar-refractivity contribution in [2.75, 3.05) is 5.32 Å². The average molecular weight is 302 g/mol. The maximum absolute atomic E-state index is 12.2. The van der Waals surface area contributed by atoms with Crippen molar-refractivity contribution in [3.05, 3.63) is 64.2 Å².